The van der Waals surface area contributed by atoms with Crippen LogP contribution >= 0.6 is 0 Å². The van der Waals surface area contributed by atoms with Gasteiger partial charge in [-0.1, -0.05) is 12.1 Å². The van der Waals surface area contributed by atoms with Gasteiger partial charge in [-0.3, -0.25) is 19.2 Å². The molecule has 4 amide bonds. The lowest BCUT2D eigenvalue weighted by atomic mass is 10.0. The second-order valence-corrected chi connectivity index (χ2v) is 6.38. The number of carboxylic acids is 1. The van der Waals surface area contributed by atoms with Crippen LogP contribution in [0.5, 0.6) is 5.75 Å². The minimum Gasteiger partial charge on any atom is -0.508 e. The molecule has 9 N–H and O–H groups in total. The van der Waals surface area contributed by atoms with Crippen molar-refractivity contribution in [1.29, 1.82) is 0 Å². The van der Waals surface area contributed by atoms with E-state index in [2.05, 4.69) is 16.0 Å². The van der Waals surface area contributed by atoms with E-state index in [1.165, 1.54) is 24.3 Å². The second-order valence-electron chi connectivity index (χ2n) is 6.38. The van der Waals surface area contributed by atoms with E-state index in [4.69, 9.17) is 11.5 Å². The summed E-state index contributed by atoms with van der Waals surface area (Å²) in [5.41, 5.74) is 10.7. The smallest absolute Gasteiger partial charge is 0.326 e. The summed E-state index contributed by atoms with van der Waals surface area (Å²) in [5.74, 6) is -4.16. The number of carboxylic acid groups (broad SMARTS) is 1. The summed E-state index contributed by atoms with van der Waals surface area (Å²) in [6.07, 6.45) is -0.475. The molecular weight excluding hydrogens is 398 g/mol. The molecule has 0 aliphatic heterocycles. The average Bonchev–Trinajstić information content (AvgIpc) is 2.69. The maximum Gasteiger partial charge on any atom is 0.326 e. The number of primary amides is 1. The fourth-order valence-electron chi connectivity index (χ4n) is 2.39. The molecule has 0 heterocycles. The number of carbonyl (C=O) groups is 5. The number of phenols is 1. The lowest BCUT2D eigenvalue weighted by molar-refractivity contribution is -0.142. The van der Waals surface area contributed by atoms with Gasteiger partial charge in [0.05, 0.1) is 13.1 Å². The van der Waals surface area contributed by atoms with E-state index in [0.29, 0.717) is 5.56 Å². The lowest BCUT2D eigenvalue weighted by Gasteiger charge is -2.21. The third-order valence-corrected chi connectivity index (χ3v) is 3.95. The minimum absolute atomic E-state index is 0.00520. The van der Waals surface area contributed by atoms with Gasteiger partial charge in [0.25, 0.3) is 0 Å². The molecule has 1 rings (SSSR count). The van der Waals surface area contributed by atoms with Crippen molar-refractivity contribution < 1.29 is 34.2 Å². The van der Waals surface area contributed by atoms with Crippen molar-refractivity contribution in [2.45, 2.75) is 31.3 Å². The molecule has 12 heteroatoms. The predicted molar refractivity (Wildman–Crippen MR) is 104 cm³/mol. The molecule has 0 saturated carbocycles. The number of hydrogen-bond acceptors (Lipinski definition) is 7. The summed E-state index contributed by atoms with van der Waals surface area (Å²) in [4.78, 5) is 58.2. The highest BCUT2D eigenvalue weighted by Gasteiger charge is 2.27. The molecule has 0 spiro atoms. The highest BCUT2D eigenvalue weighted by atomic mass is 16.4. The van der Waals surface area contributed by atoms with Crippen LogP contribution in [0.4, 0.5) is 0 Å². The first-order valence-corrected chi connectivity index (χ1v) is 8.98. The van der Waals surface area contributed by atoms with Crippen LogP contribution in [0.1, 0.15) is 18.4 Å². The zero-order valence-corrected chi connectivity index (χ0v) is 16.1. The second kappa shape index (κ2) is 12.0. The van der Waals surface area contributed by atoms with Gasteiger partial charge in [-0.2, -0.15) is 0 Å². The zero-order valence-electron chi connectivity index (χ0n) is 16.1. The first-order valence-electron chi connectivity index (χ1n) is 8.98. The fraction of sp³-hybridized carbons (Fsp3) is 0.389. The summed E-state index contributed by atoms with van der Waals surface area (Å²) < 4.78 is 0. The molecule has 0 aliphatic rings. The van der Waals surface area contributed by atoms with Crippen LogP contribution in [0.15, 0.2) is 24.3 Å². The molecule has 2 unspecified atom stereocenters. The molecule has 30 heavy (non-hydrogen) atoms. The summed E-state index contributed by atoms with van der Waals surface area (Å²) >= 11 is 0. The molecule has 0 aromatic heterocycles. The molecule has 0 bridgehead atoms. The monoisotopic (exact) mass is 423 g/mol. The number of nitrogens with one attached hydrogen (secondary N) is 3. The van der Waals surface area contributed by atoms with Gasteiger partial charge in [-0.25, -0.2) is 4.79 Å². The van der Waals surface area contributed by atoms with Gasteiger partial charge in [0.15, 0.2) is 0 Å². The third kappa shape index (κ3) is 9.01. The first-order chi connectivity index (χ1) is 14.1. The van der Waals surface area contributed by atoms with Crippen molar-refractivity contribution >= 4 is 29.6 Å². The number of hydrogen-bond donors (Lipinski definition) is 7. The molecular formula is C18H25N5O7. The van der Waals surface area contributed by atoms with Crippen molar-refractivity contribution in [2.24, 2.45) is 11.5 Å². The van der Waals surface area contributed by atoms with E-state index < -0.39 is 48.2 Å². The summed E-state index contributed by atoms with van der Waals surface area (Å²) in [6.45, 7) is -0.775. The number of benzene rings is 1. The average molecular weight is 423 g/mol. The number of nitrogens with two attached hydrogens (primary N) is 2. The van der Waals surface area contributed by atoms with Crippen LogP contribution in [-0.4, -0.2) is 65.0 Å². The molecule has 12 nitrogen and oxygen atoms in total. The van der Waals surface area contributed by atoms with Gasteiger partial charge in [-0.15, -0.1) is 0 Å². The highest BCUT2D eigenvalue weighted by molar-refractivity contribution is 5.92. The molecule has 1 aromatic rings. The maximum atomic E-state index is 12.6. The van der Waals surface area contributed by atoms with Crippen LogP contribution < -0.4 is 27.4 Å². The van der Waals surface area contributed by atoms with Gasteiger partial charge >= 0.3 is 5.97 Å². The third-order valence-electron chi connectivity index (χ3n) is 3.95. The number of amides is 4. The van der Waals surface area contributed by atoms with Gasteiger partial charge in [0.2, 0.25) is 23.6 Å². The number of carbonyl (C=O) groups excluding carboxylic acids is 4. The predicted octanol–water partition coefficient (Wildman–Crippen LogP) is -2.67. The highest BCUT2D eigenvalue weighted by Crippen LogP contribution is 2.12. The topological polar surface area (TPSA) is 214 Å². The Labute approximate surface area is 172 Å². The molecule has 0 saturated heterocycles. The molecule has 164 valence electrons. The van der Waals surface area contributed by atoms with Crippen LogP contribution in [0.25, 0.3) is 0 Å². The van der Waals surface area contributed by atoms with E-state index in [9.17, 15) is 34.2 Å². The van der Waals surface area contributed by atoms with E-state index in [-0.39, 0.29) is 31.6 Å². The summed E-state index contributed by atoms with van der Waals surface area (Å²) in [6, 6.07) is 3.19. The van der Waals surface area contributed by atoms with Crippen LogP contribution in [-0.2, 0) is 30.4 Å². The maximum absolute atomic E-state index is 12.6. The van der Waals surface area contributed by atoms with Crippen LogP contribution in [0, 0.1) is 0 Å². The largest absolute Gasteiger partial charge is 0.508 e. The molecule has 0 fully saturated rings. The number of aliphatic carboxylic acids is 1. The normalized spacial score (nSPS) is 12.3. The van der Waals surface area contributed by atoms with E-state index >= 15 is 0 Å². The Kier molecular flexibility index (Phi) is 9.76. The molecule has 0 aliphatic carbocycles. The number of aromatic hydroxyl groups is 1. The Morgan fingerprint density at radius 1 is 0.967 bits per heavy atom. The van der Waals surface area contributed by atoms with Gasteiger partial charge in [-0.05, 0) is 24.1 Å². The Morgan fingerprint density at radius 3 is 2.13 bits per heavy atom. The number of phenolic OH excluding ortho intramolecular Hbond substituents is 1. The molecule has 2 atom stereocenters. The summed E-state index contributed by atoms with van der Waals surface area (Å²) in [5, 5.41) is 25.6. The zero-order chi connectivity index (χ0) is 22.7. The summed E-state index contributed by atoms with van der Waals surface area (Å²) in [7, 11) is 0. The van der Waals surface area contributed by atoms with Crippen molar-refractivity contribution in [3.63, 3.8) is 0 Å². The van der Waals surface area contributed by atoms with Crippen LogP contribution in [0.3, 0.4) is 0 Å². The Hall–Kier alpha value is -3.67. The molecule has 0 radical (unpaired) electrons. The Balaban J connectivity index is 2.82. The first kappa shape index (κ1) is 24.4. The quantitative estimate of drug-likeness (QED) is 0.188. The van der Waals surface area contributed by atoms with E-state index in [0.717, 1.165) is 0 Å². The minimum atomic E-state index is -1.33. The van der Waals surface area contributed by atoms with E-state index in [1.807, 2.05) is 0 Å². The van der Waals surface area contributed by atoms with Gasteiger partial charge in [0, 0.05) is 12.8 Å². The Morgan fingerprint density at radius 2 is 1.60 bits per heavy atom. The number of rotatable bonds is 12. The van der Waals surface area contributed by atoms with Crippen molar-refractivity contribution in [3.8, 4) is 5.75 Å². The van der Waals surface area contributed by atoms with Gasteiger partial charge in [0.1, 0.15) is 17.8 Å². The lowest BCUT2D eigenvalue weighted by Crippen LogP contribution is -2.53. The fourth-order valence-corrected chi connectivity index (χ4v) is 2.39. The van der Waals surface area contributed by atoms with Crippen molar-refractivity contribution in [2.75, 3.05) is 13.1 Å². The SMILES string of the molecule is NCC(=O)NCC(=O)NC(CCC(N)=O)C(=O)NC(Cc1ccc(O)cc1)C(=O)O. The van der Waals surface area contributed by atoms with Crippen LogP contribution in [0.2, 0.25) is 0 Å². The van der Waals surface area contributed by atoms with E-state index in [1.54, 1.807) is 0 Å². The Bertz CT molecular complexity index is 782. The van der Waals surface area contributed by atoms with Crippen molar-refractivity contribution in [3.05, 3.63) is 29.8 Å². The van der Waals surface area contributed by atoms with Gasteiger partial charge < -0.3 is 37.6 Å². The van der Waals surface area contributed by atoms with Crippen molar-refractivity contribution in [1.82, 2.24) is 16.0 Å². The molecule has 1 aromatic carbocycles. The standard InChI is InChI=1S/C18H25N5O7/c19-8-15(26)21-9-16(27)22-12(5-6-14(20)25)17(28)23-13(18(29)30)7-10-1-3-11(24)4-2-10/h1-4,12-13,24H,5-9,19H2,(H2,20,25)(H,21,26)(H,22,27)(H,23,28)(H,29,30).